The van der Waals surface area contributed by atoms with Crippen molar-refractivity contribution in [1.82, 2.24) is 0 Å². The first kappa shape index (κ1) is 11.8. The van der Waals surface area contributed by atoms with E-state index in [1.54, 1.807) is 17.8 Å². The largest absolute Gasteiger partial charge is 0.490 e. The Bertz CT molecular complexity index is 462. The average Bonchev–Trinajstić information content (AvgIpc) is 2.39. The summed E-state index contributed by atoms with van der Waals surface area (Å²) in [7, 11) is 0. The van der Waals surface area contributed by atoms with Crippen LogP contribution in [-0.4, -0.2) is 6.61 Å². The van der Waals surface area contributed by atoms with Gasteiger partial charge in [0.1, 0.15) is 12.4 Å². The second-order valence-corrected chi connectivity index (χ2v) is 4.63. The first-order valence-electron chi connectivity index (χ1n) is 5.45. The van der Waals surface area contributed by atoms with Crippen molar-refractivity contribution in [2.24, 2.45) is 0 Å². The highest BCUT2D eigenvalue weighted by Crippen LogP contribution is 2.28. The molecule has 0 aliphatic carbocycles. The third kappa shape index (κ3) is 3.68. The third-order valence-electron chi connectivity index (χ3n) is 2.17. The van der Waals surface area contributed by atoms with E-state index in [2.05, 4.69) is 30.8 Å². The monoisotopic (exact) mass is 242 g/mol. The minimum Gasteiger partial charge on any atom is -0.490 e. The average molecular weight is 242 g/mol. The quantitative estimate of drug-likeness (QED) is 0.718. The maximum Gasteiger partial charge on any atom is 0.119 e. The normalized spacial score (nSPS) is 9.88. The van der Waals surface area contributed by atoms with Gasteiger partial charge in [-0.15, -0.1) is 0 Å². The molecule has 2 rings (SSSR count). The highest BCUT2D eigenvalue weighted by molar-refractivity contribution is 7.99. The molecule has 0 saturated heterocycles. The van der Waals surface area contributed by atoms with Gasteiger partial charge in [0, 0.05) is 9.79 Å². The van der Waals surface area contributed by atoms with Crippen LogP contribution < -0.4 is 4.74 Å². The van der Waals surface area contributed by atoms with Crippen LogP contribution in [0.2, 0.25) is 0 Å². The molecule has 0 unspecified atom stereocenters. The molecule has 0 heterocycles. The molecule has 0 amide bonds. The van der Waals surface area contributed by atoms with Crippen molar-refractivity contribution in [1.29, 1.82) is 0 Å². The van der Waals surface area contributed by atoms with E-state index < -0.39 is 0 Å². The van der Waals surface area contributed by atoms with Gasteiger partial charge in [0.15, 0.2) is 0 Å². The number of hydrogen-bond donors (Lipinski definition) is 0. The van der Waals surface area contributed by atoms with Gasteiger partial charge in [0.25, 0.3) is 0 Å². The van der Waals surface area contributed by atoms with Gasteiger partial charge in [-0.25, -0.2) is 0 Å². The maximum atomic E-state index is 5.43. The zero-order valence-electron chi connectivity index (χ0n) is 9.50. The van der Waals surface area contributed by atoms with Crippen LogP contribution in [0.1, 0.15) is 0 Å². The standard InChI is InChI=1S/C15H14OS/c1-2-12-16-13-8-10-15(11-9-13)17-14-6-4-3-5-7-14/h2-11H,1,12H2. The van der Waals surface area contributed by atoms with Gasteiger partial charge in [0.2, 0.25) is 0 Å². The Kier molecular flexibility index (Phi) is 4.28. The fourth-order valence-electron chi connectivity index (χ4n) is 1.38. The van der Waals surface area contributed by atoms with Crippen molar-refractivity contribution in [3.8, 4) is 5.75 Å². The Labute approximate surface area is 106 Å². The summed E-state index contributed by atoms with van der Waals surface area (Å²) >= 11 is 1.74. The van der Waals surface area contributed by atoms with E-state index in [-0.39, 0.29) is 0 Å². The summed E-state index contributed by atoms with van der Waals surface area (Å²) in [6, 6.07) is 18.4. The molecule has 1 nitrogen and oxygen atoms in total. The Hall–Kier alpha value is -1.67. The Morgan fingerprint density at radius 2 is 1.59 bits per heavy atom. The summed E-state index contributed by atoms with van der Waals surface area (Å²) in [4.78, 5) is 2.45. The maximum absolute atomic E-state index is 5.43. The molecule has 2 aromatic carbocycles. The zero-order valence-corrected chi connectivity index (χ0v) is 10.3. The van der Waals surface area contributed by atoms with Gasteiger partial charge in [0.05, 0.1) is 0 Å². The lowest BCUT2D eigenvalue weighted by molar-refractivity contribution is 0.363. The minimum absolute atomic E-state index is 0.547. The molecular weight excluding hydrogens is 228 g/mol. The summed E-state index contributed by atoms with van der Waals surface area (Å²) < 4.78 is 5.43. The molecule has 0 N–H and O–H groups in total. The first-order valence-corrected chi connectivity index (χ1v) is 6.27. The molecule has 2 heteroatoms. The summed E-state index contributed by atoms with van der Waals surface area (Å²) in [5, 5.41) is 0. The second-order valence-electron chi connectivity index (χ2n) is 3.49. The summed E-state index contributed by atoms with van der Waals surface area (Å²) in [6.07, 6.45) is 1.74. The van der Waals surface area contributed by atoms with Crippen LogP contribution in [0.3, 0.4) is 0 Å². The fourth-order valence-corrected chi connectivity index (χ4v) is 2.22. The molecule has 0 saturated carbocycles. The molecule has 0 bridgehead atoms. The third-order valence-corrected chi connectivity index (χ3v) is 3.19. The molecule has 0 aliphatic rings. The van der Waals surface area contributed by atoms with Crippen LogP contribution >= 0.6 is 11.8 Å². The van der Waals surface area contributed by atoms with Gasteiger partial charge in [-0.1, -0.05) is 42.6 Å². The van der Waals surface area contributed by atoms with E-state index >= 15 is 0 Å². The summed E-state index contributed by atoms with van der Waals surface area (Å²) in [5.74, 6) is 0.877. The second kappa shape index (κ2) is 6.16. The van der Waals surface area contributed by atoms with Crippen LogP contribution in [0, 0.1) is 0 Å². The Morgan fingerprint density at radius 3 is 2.24 bits per heavy atom. The van der Waals surface area contributed by atoms with E-state index in [0.29, 0.717) is 6.61 Å². The van der Waals surface area contributed by atoms with Crippen molar-refractivity contribution < 1.29 is 4.74 Å². The zero-order chi connectivity index (χ0) is 11.9. The van der Waals surface area contributed by atoms with Crippen LogP contribution in [0.25, 0.3) is 0 Å². The van der Waals surface area contributed by atoms with E-state index in [9.17, 15) is 0 Å². The van der Waals surface area contributed by atoms with Gasteiger partial charge in [-0.3, -0.25) is 0 Å². The Morgan fingerprint density at radius 1 is 0.941 bits per heavy atom. The van der Waals surface area contributed by atoms with Crippen molar-refractivity contribution in [3.63, 3.8) is 0 Å². The van der Waals surface area contributed by atoms with Crippen LogP contribution in [0.5, 0.6) is 5.75 Å². The van der Waals surface area contributed by atoms with Gasteiger partial charge in [-0.2, -0.15) is 0 Å². The predicted octanol–water partition coefficient (Wildman–Crippen LogP) is 4.40. The van der Waals surface area contributed by atoms with Gasteiger partial charge in [-0.05, 0) is 36.4 Å². The number of ether oxygens (including phenoxy) is 1. The lowest BCUT2D eigenvalue weighted by Gasteiger charge is -2.05. The van der Waals surface area contributed by atoms with E-state index in [1.807, 2.05) is 30.3 Å². The van der Waals surface area contributed by atoms with Crippen molar-refractivity contribution in [3.05, 3.63) is 67.3 Å². The SMILES string of the molecule is C=CCOc1ccc(Sc2ccccc2)cc1. The molecule has 0 fully saturated rings. The predicted molar refractivity (Wildman–Crippen MR) is 72.7 cm³/mol. The van der Waals surface area contributed by atoms with Crippen LogP contribution in [0.15, 0.2) is 77.0 Å². The van der Waals surface area contributed by atoms with Crippen LogP contribution in [0.4, 0.5) is 0 Å². The Balaban J connectivity index is 2.01. The fraction of sp³-hybridized carbons (Fsp3) is 0.0667. The summed E-state index contributed by atoms with van der Waals surface area (Å²) in [5.41, 5.74) is 0. The van der Waals surface area contributed by atoms with Crippen LogP contribution in [-0.2, 0) is 0 Å². The van der Waals surface area contributed by atoms with Crippen molar-refractivity contribution >= 4 is 11.8 Å². The number of rotatable bonds is 5. The van der Waals surface area contributed by atoms with E-state index in [4.69, 9.17) is 4.74 Å². The van der Waals surface area contributed by atoms with E-state index in [0.717, 1.165) is 5.75 Å². The highest BCUT2D eigenvalue weighted by Gasteiger charge is 1.97. The molecule has 0 aliphatic heterocycles. The lowest BCUT2D eigenvalue weighted by Crippen LogP contribution is -1.91. The molecule has 0 aromatic heterocycles. The summed E-state index contributed by atoms with van der Waals surface area (Å²) in [6.45, 7) is 4.17. The lowest BCUT2D eigenvalue weighted by atomic mass is 10.3. The number of benzene rings is 2. The van der Waals surface area contributed by atoms with Crippen molar-refractivity contribution in [2.75, 3.05) is 6.61 Å². The molecule has 0 radical (unpaired) electrons. The van der Waals surface area contributed by atoms with Gasteiger partial charge >= 0.3 is 0 Å². The van der Waals surface area contributed by atoms with Gasteiger partial charge < -0.3 is 4.74 Å². The smallest absolute Gasteiger partial charge is 0.119 e. The number of hydrogen-bond acceptors (Lipinski definition) is 2. The molecule has 86 valence electrons. The molecule has 0 atom stereocenters. The molecule has 2 aromatic rings. The highest BCUT2D eigenvalue weighted by atomic mass is 32.2. The van der Waals surface area contributed by atoms with E-state index in [1.165, 1.54) is 9.79 Å². The topological polar surface area (TPSA) is 9.23 Å². The molecule has 17 heavy (non-hydrogen) atoms. The first-order chi connectivity index (χ1) is 8.38. The van der Waals surface area contributed by atoms with Crippen molar-refractivity contribution in [2.45, 2.75) is 9.79 Å². The minimum atomic E-state index is 0.547. The molecule has 0 spiro atoms. The molecular formula is C15H14OS.